The minimum absolute atomic E-state index is 0.00157. The molecule has 1 aromatic carbocycles. The van der Waals surface area contributed by atoms with Gasteiger partial charge in [-0.1, -0.05) is 25.0 Å². The summed E-state index contributed by atoms with van der Waals surface area (Å²) in [6.45, 7) is 3.62. The number of carbonyl (C=O) groups is 1. The second-order valence-corrected chi connectivity index (χ2v) is 8.11. The molecule has 2 unspecified atom stereocenters. The summed E-state index contributed by atoms with van der Waals surface area (Å²) in [4.78, 5) is 11.4. The highest BCUT2D eigenvalue weighted by molar-refractivity contribution is 7.89. The standard InChI is InChI=1S/C17H25NO4S/c1-3-23(20,21)18-17-10-5-4-7-15(17)12-22-16-9-6-8-14(11-16)13(2)19/h6,8-9,11,15,17-18H,3-5,7,10,12H2,1-2H3. The van der Waals surface area contributed by atoms with Crippen LogP contribution in [0.2, 0.25) is 0 Å². The van der Waals surface area contributed by atoms with Gasteiger partial charge in [0.15, 0.2) is 5.78 Å². The Balaban J connectivity index is 1.99. The molecule has 128 valence electrons. The summed E-state index contributed by atoms with van der Waals surface area (Å²) < 4.78 is 32.3. The van der Waals surface area contributed by atoms with E-state index in [0.717, 1.165) is 25.7 Å². The minimum Gasteiger partial charge on any atom is -0.493 e. The fourth-order valence-corrected chi connectivity index (χ4v) is 3.82. The van der Waals surface area contributed by atoms with Crippen molar-refractivity contribution in [3.8, 4) is 5.75 Å². The van der Waals surface area contributed by atoms with Crippen LogP contribution in [0.3, 0.4) is 0 Å². The van der Waals surface area contributed by atoms with E-state index in [-0.39, 0.29) is 23.5 Å². The first-order valence-electron chi connectivity index (χ1n) is 8.15. The van der Waals surface area contributed by atoms with Gasteiger partial charge in [-0.3, -0.25) is 4.79 Å². The Bertz CT molecular complexity index is 642. The number of ketones is 1. The molecule has 1 aliphatic carbocycles. The number of benzene rings is 1. The van der Waals surface area contributed by atoms with Gasteiger partial charge in [0.05, 0.1) is 12.4 Å². The normalized spacial score (nSPS) is 21.8. The van der Waals surface area contributed by atoms with Gasteiger partial charge in [0.25, 0.3) is 0 Å². The van der Waals surface area contributed by atoms with Gasteiger partial charge < -0.3 is 4.74 Å². The third-order valence-corrected chi connectivity index (χ3v) is 5.75. The number of rotatable bonds is 7. The van der Waals surface area contributed by atoms with E-state index in [0.29, 0.717) is 17.9 Å². The van der Waals surface area contributed by atoms with Crippen LogP contribution in [-0.2, 0) is 10.0 Å². The van der Waals surface area contributed by atoms with Crippen molar-refractivity contribution in [2.45, 2.75) is 45.6 Å². The molecule has 23 heavy (non-hydrogen) atoms. The fraction of sp³-hybridized carbons (Fsp3) is 0.588. The zero-order valence-corrected chi connectivity index (χ0v) is 14.6. The second kappa shape index (κ2) is 7.93. The monoisotopic (exact) mass is 339 g/mol. The minimum atomic E-state index is -3.20. The van der Waals surface area contributed by atoms with Gasteiger partial charge in [-0.2, -0.15) is 0 Å². The third kappa shape index (κ3) is 5.32. The summed E-state index contributed by atoms with van der Waals surface area (Å²) in [5, 5.41) is 0. The van der Waals surface area contributed by atoms with Crippen LogP contribution in [-0.4, -0.2) is 32.6 Å². The van der Waals surface area contributed by atoms with Crippen LogP contribution < -0.4 is 9.46 Å². The Morgan fingerprint density at radius 3 is 2.74 bits per heavy atom. The van der Waals surface area contributed by atoms with Crippen molar-refractivity contribution in [3.05, 3.63) is 29.8 Å². The zero-order valence-electron chi connectivity index (χ0n) is 13.7. The van der Waals surface area contributed by atoms with Gasteiger partial charge in [0, 0.05) is 17.5 Å². The molecular formula is C17H25NO4S. The number of hydrogen-bond acceptors (Lipinski definition) is 4. The van der Waals surface area contributed by atoms with Crippen LogP contribution >= 0.6 is 0 Å². The lowest BCUT2D eigenvalue weighted by atomic mass is 9.86. The SMILES string of the molecule is CCS(=O)(=O)NC1CCCCC1COc1cccc(C(C)=O)c1. The molecule has 2 rings (SSSR count). The molecule has 1 fully saturated rings. The molecule has 6 heteroatoms. The molecule has 1 aliphatic rings. The summed E-state index contributed by atoms with van der Waals surface area (Å²) in [6.07, 6.45) is 3.92. The molecular weight excluding hydrogens is 314 g/mol. The summed E-state index contributed by atoms with van der Waals surface area (Å²) in [5.41, 5.74) is 0.620. The van der Waals surface area contributed by atoms with Gasteiger partial charge in [-0.15, -0.1) is 0 Å². The first kappa shape index (κ1) is 17.9. The number of carbonyl (C=O) groups excluding carboxylic acids is 1. The topological polar surface area (TPSA) is 72.5 Å². The molecule has 1 saturated carbocycles. The molecule has 0 amide bonds. The molecule has 0 spiro atoms. The first-order chi connectivity index (χ1) is 10.9. The molecule has 0 bridgehead atoms. The Morgan fingerprint density at radius 2 is 2.04 bits per heavy atom. The van der Waals surface area contributed by atoms with E-state index in [1.807, 2.05) is 6.07 Å². The van der Waals surface area contributed by atoms with E-state index in [2.05, 4.69) is 4.72 Å². The highest BCUT2D eigenvalue weighted by Crippen LogP contribution is 2.26. The molecule has 0 heterocycles. The zero-order chi connectivity index (χ0) is 16.9. The van der Waals surface area contributed by atoms with Crippen molar-refractivity contribution in [2.75, 3.05) is 12.4 Å². The average Bonchev–Trinajstić information content (AvgIpc) is 2.54. The van der Waals surface area contributed by atoms with Crippen molar-refractivity contribution in [2.24, 2.45) is 5.92 Å². The third-order valence-electron chi connectivity index (χ3n) is 4.32. The van der Waals surface area contributed by atoms with Crippen molar-refractivity contribution in [1.29, 1.82) is 0 Å². The van der Waals surface area contributed by atoms with Gasteiger partial charge >= 0.3 is 0 Å². The van der Waals surface area contributed by atoms with Gasteiger partial charge in [0.1, 0.15) is 5.75 Å². The largest absolute Gasteiger partial charge is 0.493 e. The van der Waals surface area contributed by atoms with E-state index in [4.69, 9.17) is 4.74 Å². The summed E-state index contributed by atoms with van der Waals surface area (Å²) >= 11 is 0. The molecule has 2 atom stereocenters. The van der Waals surface area contributed by atoms with Gasteiger partial charge in [-0.25, -0.2) is 13.1 Å². The molecule has 0 aliphatic heterocycles. The van der Waals surface area contributed by atoms with Gasteiger partial charge in [0.2, 0.25) is 10.0 Å². The smallest absolute Gasteiger partial charge is 0.211 e. The van der Waals surface area contributed by atoms with Crippen molar-refractivity contribution in [1.82, 2.24) is 4.72 Å². The van der Waals surface area contributed by atoms with Crippen molar-refractivity contribution < 1.29 is 17.9 Å². The van der Waals surface area contributed by atoms with E-state index in [1.165, 1.54) is 6.92 Å². The van der Waals surface area contributed by atoms with Crippen molar-refractivity contribution in [3.63, 3.8) is 0 Å². The molecule has 0 aromatic heterocycles. The lowest BCUT2D eigenvalue weighted by molar-refractivity contribution is 0.101. The average molecular weight is 339 g/mol. The summed E-state index contributed by atoms with van der Waals surface area (Å²) in [5.74, 6) is 0.908. The van der Waals surface area contributed by atoms with E-state index in [9.17, 15) is 13.2 Å². The number of sulfonamides is 1. The second-order valence-electron chi connectivity index (χ2n) is 6.07. The summed E-state index contributed by atoms with van der Waals surface area (Å²) in [7, 11) is -3.20. The maximum absolute atomic E-state index is 11.8. The van der Waals surface area contributed by atoms with E-state index >= 15 is 0 Å². The molecule has 0 radical (unpaired) electrons. The Labute approximate surface area is 138 Å². The molecule has 1 aromatic rings. The molecule has 0 saturated heterocycles. The van der Waals surface area contributed by atoms with Crippen LogP contribution in [0.4, 0.5) is 0 Å². The molecule has 1 N–H and O–H groups in total. The Morgan fingerprint density at radius 1 is 1.30 bits per heavy atom. The number of Topliss-reactive ketones (excluding diaryl/α,β-unsaturated/α-hetero) is 1. The first-order valence-corrected chi connectivity index (χ1v) is 9.80. The molecule has 5 nitrogen and oxygen atoms in total. The highest BCUT2D eigenvalue weighted by Gasteiger charge is 2.28. The number of ether oxygens (including phenoxy) is 1. The van der Waals surface area contributed by atoms with Crippen LogP contribution in [0.5, 0.6) is 5.75 Å². The lowest BCUT2D eigenvalue weighted by Crippen LogP contribution is -2.44. The quantitative estimate of drug-likeness (QED) is 0.775. The maximum atomic E-state index is 11.8. The van der Waals surface area contributed by atoms with E-state index < -0.39 is 10.0 Å². The Kier molecular flexibility index (Phi) is 6.18. The highest BCUT2D eigenvalue weighted by atomic mass is 32.2. The van der Waals surface area contributed by atoms with E-state index in [1.54, 1.807) is 25.1 Å². The fourth-order valence-electron chi connectivity index (χ4n) is 2.88. The number of hydrogen-bond donors (Lipinski definition) is 1. The van der Waals surface area contributed by atoms with Crippen molar-refractivity contribution >= 4 is 15.8 Å². The predicted octanol–water partition coefficient (Wildman–Crippen LogP) is 2.77. The maximum Gasteiger partial charge on any atom is 0.211 e. The Hall–Kier alpha value is -1.40. The number of nitrogens with one attached hydrogen (secondary N) is 1. The van der Waals surface area contributed by atoms with Crippen LogP contribution in [0.25, 0.3) is 0 Å². The predicted molar refractivity (Wildman–Crippen MR) is 90.3 cm³/mol. The van der Waals surface area contributed by atoms with Crippen LogP contribution in [0, 0.1) is 5.92 Å². The summed E-state index contributed by atoms with van der Waals surface area (Å²) in [6, 6.07) is 7.04. The van der Waals surface area contributed by atoms with Crippen LogP contribution in [0.1, 0.15) is 49.9 Å². The van der Waals surface area contributed by atoms with Crippen LogP contribution in [0.15, 0.2) is 24.3 Å². The lowest BCUT2D eigenvalue weighted by Gasteiger charge is -2.31. The van der Waals surface area contributed by atoms with Gasteiger partial charge in [-0.05, 0) is 38.8 Å².